The quantitative estimate of drug-likeness (QED) is 0.498. The van der Waals surface area contributed by atoms with E-state index in [1.165, 1.54) is 38.5 Å². The minimum Gasteiger partial charge on any atom is -0.368 e. The number of ether oxygens (including phenoxy) is 1. The summed E-state index contributed by atoms with van der Waals surface area (Å²) in [4.78, 5) is 11.9. The van der Waals surface area contributed by atoms with Crippen molar-refractivity contribution in [3.8, 4) is 0 Å². The molecule has 0 saturated heterocycles. The molecule has 0 radical (unpaired) electrons. The van der Waals surface area contributed by atoms with E-state index in [0.717, 1.165) is 6.42 Å². The Morgan fingerprint density at radius 2 is 1.47 bits per heavy atom. The van der Waals surface area contributed by atoms with Gasteiger partial charge in [-0.2, -0.15) is 0 Å². The molecule has 0 bridgehead atoms. The van der Waals surface area contributed by atoms with Gasteiger partial charge in [-0.25, -0.2) is 0 Å². The summed E-state index contributed by atoms with van der Waals surface area (Å²) in [5, 5.41) is 0. The van der Waals surface area contributed by atoms with E-state index in [4.69, 9.17) is 4.74 Å². The molecule has 0 aliphatic carbocycles. The number of hydrogen-bond acceptors (Lipinski definition) is 2. The molecule has 0 unspecified atom stereocenters. The molecule has 0 aromatic heterocycles. The number of rotatable bonds is 11. The van der Waals surface area contributed by atoms with E-state index in [1.54, 1.807) is 0 Å². The van der Waals surface area contributed by atoms with Crippen LogP contribution in [0.5, 0.6) is 0 Å². The molecule has 0 rings (SSSR count). The monoisotopic (exact) mass is 242 g/mol. The summed E-state index contributed by atoms with van der Waals surface area (Å²) in [5.41, 5.74) is -0.586. The Bertz CT molecular complexity index is 197. The van der Waals surface area contributed by atoms with Crippen molar-refractivity contribution in [2.24, 2.45) is 0 Å². The maximum Gasteiger partial charge on any atom is 0.164 e. The van der Waals surface area contributed by atoms with Crippen LogP contribution in [0.15, 0.2) is 0 Å². The summed E-state index contributed by atoms with van der Waals surface area (Å²) >= 11 is 0. The summed E-state index contributed by atoms with van der Waals surface area (Å²) < 4.78 is 5.45. The van der Waals surface area contributed by atoms with Gasteiger partial charge in [0.1, 0.15) is 5.60 Å². The molecule has 0 spiro atoms. The third kappa shape index (κ3) is 8.37. The van der Waals surface area contributed by atoms with Gasteiger partial charge in [-0.05, 0) is 27.2 Å². The highest BCUT2D eigenvalue weighted by Gasteiger charge is 2.26. The van der Waals surface area contributed by atoms with Gasteiger partial charge < -0.3 is 4.74 Å². The van der Waals surface area contributed by atoms with Gasteiger partial charge in [-0.3, -0.25) is 4.79 Å². The highest BCUT2D eigenvalue weighted by atomic mass is 16.5. The van der Waals surface area contributed by atoms with Crippen molar-refractivity contribution in [1.29, 1.82) is 0 Å². The molecule has 0 amide bonds. The first-order valence-electron chi connectivity index (χ1n) is 7.21. The first kappa shape index (κ1) is 16.6. The van der Waals surface area contributed by atoms with Gasteiger partial charge in [0.05, 0.1) is 0 Å². The van der Waals surface area contributed by atoms with Crippen molar-refractivity contribution in [2.45, 2.75) is 84.7 Å². The van der Waals surface area contributed by atoms with Crippen LogP contribution in [0.2, 0.25) is 0 Å². The fourth-order valence-corrected chi connectivity index (χ4v) is 1.99. The molecular formula is C15H30O2. The second-order valence-corrected chi connectivity index (χ2v) is 5.24. The van der Waals surface area contributed by atoms with Gasteiger partial charge in [0.2, 0.25) is 0 Å². The van der Waals surface area contributed by atoms with Crippen molar-refractivity contribution >= 4 is 5.78 Å². The lowest BCUT2D eigenvalue weighted by Crippen LogP contribution is -2.34. The third-order valence-corrected chi connectivity index (χ3v) is 3.18. The van der Waals surface area contributed by atoms with Crippen LogP contribution in [0, 0.1) is 0 Å². The van der Waals surface area contributed by atoms with Crippen molar-refractivity contribution < 1.29 is 9.53 Å². The Morgan fingerprint density at radius 3 is 2.00 bits per heavy atom. The smallest absolute Gasteiger partial charge is 0.164 e. The van der Waals surface area contributed by atoms with E-state index < -0.39 is 5.60 Å². The molecule has 0 aromatic rings. The van der Waals surface area contributed by atoms with Crippen molar-refractivity contribution in [3.63, 3.8) is 0 Å². The van der Waals surface area contributed by atoms with E-state index in [2.05, 4.69) is 6.92 Å². The molecule has 0 aliphatic rings. The fraction of sp³-hybridized carbons (Fsp3) is 0.933. The Hall–Kier alpha value is -0.370. The largest absolute Gasteiger partial charge is 0.368 e. The van der Waals surface area contributed by atoms with Gasteiger partial charge in [0, 0.05) is 13.0 Å². The normalized spacial score (nSPS) is 11.8. The fourth-order valence-electron chi connectivity index (χ4n) is 1.99. The Labute approximate surface area is 107 Å². The molecule has 0 heterocycles. The van der Waals surface area contributed by atoms with Gasteiger partial charge in [0.15, 0.2) is 5.78 Å². The van der Waals surface area contributed by atoms with E-state index >= 15 is 0 Å². The lowest BCUT2D eigenvalue weighted by molar-refractivity contribution is -0.139. The first-order valence-corrected chi connectivity index (χ1v) is 7.21. The lowest BCUT2D eigenvalue weighted by atomic mass is 9.97. The Balaban J connectivity index is 3.51. The third-order valence-electron chi connectivity index (χ3n) is 3.18. The molecule has 17 heavy (non-hydrogen) atoms. The molecule has 0 aromatic carbocycles. The summed E-state index contributed by atoms with van der Waals surface area (Å²) in [7, 11) is 0. The number of unbranched alkanes of at least 4 members (excludes halogenated alkanes) is 6. The second-order valence-electron chi connectivity index (χ2n) is 5.24. The topological polar surface area (TPSA) is 26.3 Å². The molecule has 102 valence electrons. The molecule has 0 fully saturated rings. The summed E-state index contributed by atoms with van der Waals surface area (Å²) in [6.45, 7) is 8.52. The lowest BCUT2D eigenvalue weighted by Gasteiger charge is -2.22. The summed E-state index contributed by atoms with van der Waals surface area (Å²) in [5.74, 6) is 0.243. The highest BCUT2D eigenvalue weighted by Crippen LogP contribution is 2.16. The van der Waals surface area contributed by atoms with Crippen LogP contribution in [0.1, 0.15) is 79.1 Å². The van der Waals surface area contributed by atoms with Crippen LogP contribution in [0.4, 0.5) is 0 Å². The maximum atomic E-state index is 11.9. The van der Waals surface area contributed by atoms with Crippen molar-refractivity contribution in [3.05, 3.63) is 0 Å². The van der Waals surface area contributed by atoms with Crippen LogP contribution in [0.3, 0.4) is 0 Å². The number of hydrogen-bond donors (Lipinski definition) is 0. The SMILES string of the molecule is CCCCCCCCCC(=O)C(C)(C)OCC. The predicted molar refractivity (Wildman–Crippen MR) is 73.3 cm³/mol. The van der Waals surface area contributed by atoms with E-state index in [-0.39, 0.29) is 5.78 Å². The zero-order valence-electron chi connectivity index (χ0n) is 12.2. The number of carbonyl (C=O) groups excluding carboxylic acids is 1. The number of carbonyl (C=O) groups is 1. The molecule has 2 heteroatoms. The Kier molecular flexibility index (Phi) is 9.43. The summed E-state index contributed by atoms with van der Waals surface area (Å²) in [6.07, 6.45) is 9.42. The maximum absolute atomic E-state index is 11.9. The molecule has 0 atom stereocenters. The van der Waals surface area contributed by atoms with Crippen LogP contribution >= 0.6 is 0 Å². The molecular weight excluding hydrogens is 212 g/mol. The summed E-state index contributed by atoms with van der Waals surface area (Å²) in [6, 6.07) is 0. The predicted octanol–water partition coefficient (Wildman–Crippen LogP) is 4.51. The minimum absolute atomic E-state index is 0.243. The molecule has 0 N–H and O–H groups in total. The van der Waals surface area contributed by atoms with E-state index in [1.807, 2.05) is 20.8 Å². The standard InChI is InChI=1S/C15H30O2/c1-5-7-8-9-10-11-12-13-14(16)15(3,4)17-6-2/h5-13H2,1-4H3. The van der Waals surface area contributed by atoms with Crippen molar-refractivity contribution in [1.82, 2.24) is 0 Å². The van der Waals surface area contributed by atoms with Gasteiger partial charge in [-0.15, -0.1) is 0 Å². The van der Waals surface area contributed by atoms with Gasteiger partial charge >= 0.3 is 0 Å². The van der Waals surface area contributed by atoms with Gasteiger partial charge in [0.25, 0.3) is 0 Å². The zero-order valence-corrected chi connectivity index (χ0v) is 12.2. The molecule has 0 saturated carbocycles. The first-order chi connectivity index (χ1) is 8.04. The second kappa shape index (κ2) is 9.64. The van der Waals surface area contributed by atoms with E-state index in [9.17, 15) is 4.79 Å². The Morgan fingerprint density at radius 1 is 0.941 bits per heavy atom. The number of ketones is 1. The van der Waals surface area contributed by atoms with Crippen LogP contribution < -0.4 is 0 Å². The van der Waals surface area contributed by atoms with Crippen LogP contribution in [0.25, 0.3) is 0 Å². The molecule has 0 aliphatic heterocycles. The molecule has 2 nitrogen and oxygen atoms in total. The number of Topliss-reactive ketones (excluding diaryl/α,β-unsaturated/α-hetero) is 1. The average molecular weight is 242 g/mol. The zero-order chi connectivity index (χ0) is 13.1. The average Bonchev–Trinajstić information content (AvgIpc) is 2.27. The minimum atomic E-state index is -0.586. The van der Waals surface area contributed by atoms with Gasteiger partial charge in [-0.1, -0.05) is 45.4 Å². The van der Waals surface area contributed by atoms with E-state index in [0.29, 0.717) is 13.0 Å². The van der Waals surface area contributed by atoms with Crippen molar-refractivity contribution in [2.75, 3.05) is 6.61 Å². The highest BCUT2D eigenvalue weighted by molar-refractivity contribution is 5.86. The van der Waals surface area contributed by atoms with Crippen LogP contribution in [-0.2, 0) is 9.53 Å². The van der Waals surface area contributed by atoms with Crippen LogP contribution in [-0.4, -0.2) is 18.0 Å².